The van der Waals surface area contributed by atoms with Gasteiger partial charge in [0.2, 0.25) is 11.8 Å². The van der Waals surface area contributed by atoms with E-state index in [0.29, 0.717) is 24.7 Å². The number of nitrogens with zero attached hydrogens (tertiary/aromatic N) is 3. The van der Waals surface area contributed by atoms with Crippen molar-refractivity contribution in [3.05, 3.63) is 11.7 Å². The second-order valence-corrected chi connectivity index (χ2v) is 5.67. The van der Waals surface area contributed by atoms with Gasteiger partial charge < -0.3 is 14.7 Å². The molecule has 1 unspecified atom stereocenters. The molecule has 1 atom stereocenters. The van der Waals surface area contributed by atoms with E-state index in [9.17, 15) is 4.79 Å². The minimum absolute atomic E-state index is 0.117. The molecule has 0 aliphatic carbocycles. The number of piperidine rings is 1. The molecule has 1 fully saturated rings. The van der Waals surface area contributed by atoms with Crippen molar-refractivity contribution in [3.63, 3.8) is 0 Å². The Morgan fingerprint density at radius 3 is 2.90 bits per heavy atom. The van der Waals surface area contributed by atoms with Crippen LogP contribution in [0.1, 0.15) is 51.2 Å². The monoisotopic (exact) mass is 280 g/mol. The summed E-state index contributed by atoms with van der Waals surface area (Å²) in [5.74, 6) is 1.70. The second-order valence-electron chi connectivity index (χ2n) is 5.67. The lowest BCUT2D eigenvalue weighted by Gasteiger charge is -2.33. The molecule has 0 bridgehead atoms. The number of aromatic nitrogens is 2. The fraction of sp³-hybridized carbons (Fsp3) is 0.786. The molecule has 2 rings (SSSR count). The van der Waals surface area contributed by atoms with E-state index < -0.39 is 0 Å². The van der Waals surface area contributed by atoms with Gasteiger partial charge in [0.1, 0.15) is 0 Å². The Morgan fingerprint density at radius 2 is 2.35 bits per heavy atom. The first-order valence-electron chi connectivity index (χ1n) is 7.38. The highest BCUT2D eigenvalue weighted by Gasteiger charge is 2.23. The SMILES string of the molecule is CC(=O)N(CCc1noc(C(C)C)n1)C1CCCNC1. The molecular formula is C14H24N4O2. The average molecular weight is 280 g/mol. The lowest BCUT2D eigenvalue weighted by molar-refractivity contribution is -0.131. The summed E-state index contributed by atoms with van der Waals surface area (Å²) in [6, 6.07) is 0.290. The van der Waals surface area contributed by atoms with Crippen LogP contribution < -0.4 is 5.32 Å². The summed E-state index contributed by atoms with van der Waals surface area (Å²) < 4.78 is 5.19. The fourth-order valence-electron chi connectivity index (χ4n) is 2.52. The van der Waals surface area contributed by atoms with Crippen LogP contribution in [0.25, 0.3) is 0 Å². The minimum atomic E-state index is 0.117. The van der Waals surface area contributed by atoms with E-state index in [1.165, 1.54) is 0 Å². The van der Waals surface area contributed by atoms with E-state index in [4.69, 9.17) is 4.52 Å². The molecule has 20 heavy (non-hydrogen) atoms. The van der Waals surface area contributed by atoms with Gasteiger partial charge in [-0.2, -0.15) is 4.98 Å². The third-order valence-electron chi connectivity index (χ3n) is 3.67. The Bertz CT molecular complexity index is 438. The van der Waals surface area contributed by atoms with Crippen LogP contribution in [0, 0.1) is 0 Å². The Labute approximate surface area is 119 Å². The van der Waals surface area contributed by atoms with Gasteiger partial charge in [0.15, 0.2) is 5.82 Å². The maximum Gasteiger partial charge on any atom is 0.229 e. The van der Waals surface area contributed by atoms with E-state index in [0.717, 1.165) is 25.9 Å². The number of rotatable bonds is 5. The molecule has 0 spiro atoms. The highest BCUT2D eigenvalue weighted by molar-refractivity contribution is 5.73. The molecule has 1 aromatic rings. The maximum absolute atomic E-state index is 11.8. The van der Waals surface area contributed by atoms with Crippen LogP contribution >= 0.6 is 0 Å². The summed E-state index contributed by atoms with van der Waals surface area (Å²) in [5, 5.41) is 7.32. The van der Waals surface area contributed by atoms with Gasteiger partial charge in [-0.1, -0.05) is 19.0 Å². The summed E-state index contributed by atoms with van der Waals surface area (Å²) in [6.07, 6.45) is 2.83. The van der Waals surface area contributed by atoms with Crippen molar-refractivity contribution in [3.8, 4) is 0 Å². The summed E-state index contributed by atoms with van der Waals surface area (Å²) in [6.45, 7) is 8.25. The van der Waals surface area contributed by atoms with Crippen molar-refractivity contribution in [1.82, 2.24) is 20.4 Å². The third kappa shape index (κ3) is 3.79. The van der Waals surface area contributed by atoms with Gasteiger partial charge >= 0.3 is 0 Å². The van der Waals surface area contributed by atoms with E-state index in [1.807, 2.05) is 18.7 Å². The first-order chi connectivity index (χ1) is 9.58. The number of hydrogen-bond acceptors (Lipinski definition) is 5. The van der Waals surface area contributed by atoms with Gasteiger partial charge in [-0.05, 0) is 19.4 Å². The lowest BCUT2D eigenvalue weighted by Crippen LogP contribution is -2.48. The van der Waals surface area contributed by atoms with Crippen LogP contribution in [-0.4, -0.2) is 46.6 Å². The number of nitrogens with one attached hydrogen (secondary N) is 1. The van der Waals surface area contributed by atoms with Crippen molar-refractivity contribution < 1.29 is 9.32 Å². The Balaban J connectivity index is 1.92. The molecule has 0 saturated carbocycles. The molecule has 1 aliphatic heterocycles. The van der Waals surface area contributed by atoms with Gasteiger partial charge in [-0.15, -0.1) is 0 Å². The van der Waals surface area contributed by atoms with Gasteiger partial charge in [0.05, 0.1) is 0 Å². The zero-order chi connectivity index (χ0) is 14.5. The summed E-state index contributed by atoms with van der Waals surface area (Å²) >= 11 is 0. The molecule has 112 valence electrons. The lowest BCUT2D eigenvalue weighted by atomic mass is 10.1. The Morgan fingerprint density at radius 1 is 1.55 bits per heavy atom. The first kappa shape index (κ1) is 15.0. The predicted molar refractivity (Wildman–Crippen MR) is 75.4 cm³/mol. The Hall–Kier alpha value is -1.43. The molecule has 0 aromatic carbocycles. The first-order valence-corrected chi connectivity index (χ1v) is 7.38. The quantitative estimate of drug-likeness (QED) is 0.881. The number of carbonyl (C=O) groups excluding carboxylic acids is 1. The molecular weight excluding hydrogens is 256 g/mol. The molecule has 0 radical (unpaired) electrons. The van der Waals surface area contributed by atoms with Crippen LogP contribution in [0.5, 0.6) is 0 Å². The number of amides is 1. The van der Waals surface area contributed by atoms with Crippen molar-refractivity contribution in [1.29, 1.82) is 0 Å². The van der Waals surface area contributed by atoms with Gasteiger partial charge in [0, 0.05) is 38.4 Å². The topological polar surface area (TPSA) is 71.3 Å². The molecule has 6 nitrogen and oxygen atoms in total. The summed E-state index contributed by atoms with van der Waals surface area (Å²) in [5.41, 5.74) is 0. The predicted octanol–water partition coefficient (Wildman–Crippen LogP) is 1.34. The molecule has 1 aliphatic rings. The van der Waals surface area contributed by atoms with Crippen LogP contribution in [0.2, 0.25) is 0 Å². The number of carbonyl (C=O) groups is 1. The molecule has 1 saturated heterocycles. The zero-order valence-corrected chi connectivity index (χ0v) is 12.6. The van der Waals surface area contributed by atoms with Crippen LogP contribution in [-0.2, 0) is 11.2 Å². The largest absolute Gasteiger partial charge is 0.339 e. The Kier molecular flexibility index (Phi) is 5.11. The molecule has 1 N–H and O–H groups in total. The molecule has 6 heteroatoms. The van der Waals surface area contributed by atoms with Crippen LogP contribution in [0.15, 0.2) is 4.52 Å². The fourth-order valence-corrected chi connectivity index (χ4v) is 2.52. The van der Waals surface area contributed by atoms with Crippen LogP contribution in [0.3, 0.4) is 0 Å². The van der Waals surface area contributed by atoms with Crippen molar-refractivity contribution in [2.75, 3.05) is 19.6 Å². The maximum atomic E-state index is 11.8. The highest BCUT2D eigenvalue weighted by atomic mass is 16.5. The molecule has 2 heterocycles. The normalized spacial score (nSPS) is 19.3. The van der Waals surface area contributed by atoms with Crippen molar-refractivity contribution >= 4 is 5.91 Å². The summed E-state index contributed by atoms with van der Waals surface area (Å²) in [4.78, 5) is 18.1. The van der Waals surface area contributed by atoms with E-state index in [1.54, 1.807) is 6.92 Å². The zero-order valence-electron chi connectivity index (χ0n) is 12.6. The van der Waals surface area contributed by atoms with Crippen molar-refractivity contribution in [2.45, 2.75) is 52.0 Å². The van der Waals surface area contributed by atoms with Gasteiger partial charge in [-0.25, -0.2) is 0 Å². The average Bonchev–Trinajstić information content (AvgIpc) is 2.89. The van der Waals surface area contributed by atoms with E-state index in [-0.39, 0.29) is 17.9 Å². The van der Waals surface area contributed by atoms with E-state index in [2.05, 4.69) is 15.5 Å². The van der Waals surface area contributed by atoms with Gasteiger partial charge in [0.25, 0.3) is 0 Å². The third-order valence-corrected chi connectivity index (χ3v) is 3.67. The van der Waals surface area contributed by atoms with Crippen LogP contribution in [0.4, 0.5) is 0 Å². The van der Waals surface area contributed by atoms with Crippen molar-refractivity contribution in [2.24, 2.45) is 0 Å². The standard InChI is InChI=1S/C14H24N4O2/c1-10(2)14-16-13(17-20-14)6-8-18(11(3)19)12-5-4-7-15-9-12/h10,12,15H,4-9H2,1-3H3. The molecule has 1 amide bonds. The summed E-state index contributed by atoms with van der Waals surface area (Å²) in [7, 11) is 0. The second kappa shape index (κ2) is 6.83. The smallest absolute Gasteiger partial charge is 0.229 e. The minimum Gasteiger partial charge on any atom is -0.339 e. The highest BCUT2D eigenvalue weighted by Crippen LogP contribution is 2.13. The molecule has 1 aromatic heterocycles. The van der Waals surface area contributed by atoms with E-state index >= 15 is 0 Å². The van der Waals surface area contributed by atoms with Gasteiger partial charge in [-0.3, -0.25) is 4.79 Å². The number of hydrogen-bond donors (Lipinski definition) is 1.